The summed E-state index contributed by atoms with van der Waals surface area (Å²) in [4.78, 5) is 5.80. The maximum atomic E-state index is 10.5. The number of rotatable bonds is 2. The second-order valence-corrected chi connectivity index (χ2v) is 6.81. The summed E-state index contributed by atoms with van der Waals surface area (Å²) in [5, 5.41) is 10.5. The van der Waals surface area contributed by atoms with Crippen LogP contribution in [-0.4, -0.2) is 28.8 Å². The van der Waals surface area contributed by atoms with Gasteiger partial charge in [0.05, 0.1) is 6.54 Å². The molecule has 1 aromatic heterocycles. The molecule has 22 heavy (non-hydrogen) atoms. The van der Waals surface area contributed by atoms with Gasteiger partial charge in [-0.1, -0.05) is 18.4 Å². The number of nitrogens with zero attached hydrogens (tertiary/aromatic N) is 1. The summed E-state index contributed by atoms with van der Waals surface area (Å²) in [6, 6.07) is 4.72. The maximum absolute atomic E-state index is 10.5. The first-order valence-electron chi connectivity index (χ1n) is 8.74. The Labute approximate surface area is 133 Å². The summed E-state index contributed by atoms with van der Waals surface area (Å²) in [6.07, 6.45) is 12.8. The Kier molecular flexibility index (Phi) is 5.12. The molecule has 1 saturated heterocycles. The third-order valence-corrected chi connectivity index (χ3v) is 5.14. The van der Waals surface area contributed by atoms with Crippen molar-refractivity contribution in [2.24, 2.45) is 0 Å². The minimum absolute atomic E-state index is 0.512. The van der Waals surface area contributed by atoms with Gasteiger partial charge in [0.25, 0.3) is 0 Å². The van der Waals surface area contributed by atoms with E-state index in [1.807, 2.05) is 18.5 Å². The van der Waals surface area contributed by atoms with Crippen molar-refractivity contribution in [2.75, 3.05) is 13.1 Å². The van der Waals surface area contributed by atoms with Crippen molar-refractivity contribution >= 4 is 0 Å². The zero-order valence-electron chi connectivity index (χ0n) is 13.4. The van der Waals surface area contributed by atoms with Gasteiger partial charge in [-0.25, -0.2) is 0 Å². The molecule has 3 rings (SSSR count). The lowest BCUT2D eigenvalue weighted by Crippen LogP contribution is -3.13. The molecule has 2 fully saturated rings. The highest BCUT2D eigenvalue weighted by Crippen LogP contribution is 2.27. The Morgan fingerprint density at radius 2 is 2.09 bits per heavy atom. The van der Waals surface area contributed by atoms with Crippen molar-refractivity contribution < 1.29 is 10.0 Å². The number of likely N-dealkylation sites (tertiary alicyclic amines) is 1. The van der Waals surface area contributed by atoms with E-state index in [-0.39, 0.29) is 0 Å². The molecule has 0 amide bonds. The zero-order chi connectivity index (χ0) is 15.3. The van der Waals surface area contributed by atoms with Gasteiger partial charge in [-0.15, -0.1) is 0 Å². The SMILES string of the molecule is OC1(C#CC[NH+]2CCCC[C@H]2c2cccnc2)CCCCC1. The topological polar surface area (TPSA) is 37.6 Å². The smallest absolute Gasteiger partial charge is 0.139 e. The molecule has 0 spiro atoms. The van der Waals surface area contributed by atoms with Crippen molar-refractivity contribution in [3.8, 4) is 11.8 Å². The molecule has 0 radical (unpaired) electrons. The van der Waals surface area contributed by atoms with Crippen LogP contribution in [0.15, 0.2) is 24.5 Å². The molecule has 1 aliphatic carbocycles. The van der Waals surface area contributed by atoms with Gasteiger partial charge >= 0.3 is 0 Å². The van der Waals surface area contributed by atoms with Crippen LogP contribution in [0, 0.1) is 11.8 Å². The monoisotopic (exact) mass is 299 g/mol. The fraction of sp³-hybridized carbons (Fsp3) is 0.632. The molecular formula is C19H27N2O+. The average molecular weight is 299 g/mol. The van der Waals surface area contributed by atoms with Gasteiger partial charge in [-0.2, -0.15) is 0 Å². The molecule has 1 saturated carbocycles. The lowest BCUT2D eigenvalue weighted by Gasteiger charge is -2.31. The number of hydrogen-bond acceptors (Lipinski definition) is 2. The van der Waals surface area contributed by atoms with E-state index < -0.39 is 5.60 Å². The van der Waals surface area contributed by atoms with E-state index in [0.29, 0.717) is 6.04 Å². The molecule has 3 heteroatoms. The van der Waals surface area contributed by atoms with Crippen molar-refractivity contribution in [3.05, 3.63) is 30.1 Å². The normalized spacial score (nSPS) is 27.7. The average Bonchev–Trinajstić information content (AvgIpc) is 2.57. The van der Waals surface area contributed by atoms with Gasteiger partial charge in [0, 0.05) is 24.4 Å². The van der Waals surface area contributed by atoms with Crippen LogP contribution >= 0.6 is 0 Å². The van der Waals surface area contributed by atoms with Crippen LogP contribution in [0.25, 0.3) is 0 Å². The van der Waals surface area contributed by atoms with Crippen LogP contribution in [-0.2, 0) is 0 Å². The third-order valence-electron chi connectivity index (χ3n) is 5.14. The van der Waals surface area contributed by atoms with E-state index in [2.05, 4.69) is 22.9 Å². The summed E-state index contributed by atoms with van der Waals surface area (Å²) < 4.78 is 0. The molecule has 1 unspecified atom stereocenters. The fourth-order valence-electron chi connectivity index (χ4n) is 3.86. The third kappa shape index (κ3) is 3.88. The van der Waals surface area contributed by atoms with Crippen molar-refractivity contribution in [1.29, 1.82) is 0 Å². The molecule has 2 heterocycles. The second kappa shape index (κ2) is 7.26. The van der Waals surface area contributed by atoms with Gasteiger partial charge in [-0.05, 0) is 50.5 Å². The first-order chi connectivity index (χ1) is 10.8. The Morgan fingerprint density at radius 1 is 1.23 bits per heavy atom. The number of pyridine rings is 1. The first kappa shape index (κ1) is 15.5. The van der Waals surface area contributed by atoms with Crippen molar-refractivity contribution in [3.63, 3.8) is 0 Å². The van der Waals surface area contributed by atoms with E-state index >= 15 is 0 Å². The van der Waals surface area contributed by atoms with Gasteiger partial charge < -0.3 is 10.0 Å². The van der Waals surface area contributed by atoms with E-state index in [1.165, 1.54) is 42.7 Å². The summed E-state index contributed by atoms with van der Waals surface area (Å²) in [7, 11) is 0. The molecule has 3 nitrogen and oxygen atoms in total. The number of quaternary nitrogens is 1. The van der Waals surface area contributed by atoms with Crippen LogP contribution in [0.2, 0.25) is 0 Å². The Hall–Kier alpha value is -1.37. The first-order valence-corrected chi connectivity index (χ1v) is 8.74. The van der Waals surface area contributed by atoms with E-state index in [1.54, 1.807) is 0 Å². The van der Waals surface area contributed by atoms with E-state index in [9.17, 15) is 5.11 Å². The predicted octanol–water partition coefficient (Wildman–Crippen LogP) is 1.89. The van der Waals surface area contributed by atoms with Gasteiger partial charge in [0.2, 0.25) is 0 Å². The summed E-state index contributed by atoms with van der Waals surface area (Å²) >= 11 is 0. The molecule has 0 bridgehead atoms. The highest BCUT2D eigenvalue weighted by atomic mass is 16.3. The van der Waals surface area contributed by atoms with Gasteiger partial charge in [0.1, 0.15) is 18.2 Å². The van der Waals surface area contributed by atoms with Crippen molar-refractivity contribution in [1.82, 2.24) is 4.98 Å². The molecular weight excluding hydrogens is 272 g/mol. The molecule has 1 aromatic rings. The van der Waals surface area contributed by atoms with E-state index in [4.69, 9.17) is 0 Å². The minimum atomic E-state index is -0.711. The second-order valence-electron chi connectivity index (χ2n) is 6.81. The maximum Gasteiger partial charge on any atom is 0.139 e. The van der Waals surface area contributed by atoms with Crippen LogP contribution < -0.4 is 4.90 Å². The lowest BCUT2D eigenvalue weighted by atomic mass is 9.85. The number of hydrogen-bond donors (Lipinski definition) is 2. The van der Waals surface area contributed by atoms with Crippen LogP contribution in [0.4, 0.5) is 0 Å². The van der Waals surface area contributed by atoms with Gasteiger partial charge in [0.15, 0.2) is 0 Å². The van der Waals surface area contributed by atoms with Crippen molar-refractivity contribution in [2.45, 2.75) is 63.0 Å². The van der Waals surface area contributed by atoms with Gasteiger partial charge in [-0.3, -0.25) is 4.98 Å². The van der Waals surface area contributed by atoms with Crippen LogP contribution in [0.5, 0.6) is 0 Å². The Morgan fingerprint density at radius 3 is 2.86 bits per heavy atom. The van der Waals surface area contributed by atoms with E-state index in [0.717, 1.165) is 32.2 Å². The highest BCUT2D eigenvalue weighted by molar-refractivity contribution is 5.15. The standard InChI is InChI=1S/C19H26N2O/c22-19(10-3-1-4-11-19)12-7-15-21-14-5-2-9-18(21)17-8-6-13-20-16-17/h6,8,13,16,18,22H,1-5,9-11,14-15H2/p+1/t18-/m0/s1. The largest absolute Gasteiger partial charge is 0.378 e. The Bertz CT molecular complexity index is 525. The number of aromatic nitrogens is 1. The zero-order valence-corrected chi connectivity index (χ0v) is 13.4. The Balaban J connectivity index is 1.65. The molecule has 1 aliphatic heterocycles. The van der Waals surface area contributed by atoms with Crippen LogP contribution in [0.1, 0.15) is 63.0 Å². The molecule has 0 aromatic carbocycles. The molecule has 118 valence electrons. The quantitative estimate of drug-likeness (QED) is 0.819. The number of nitrogens with one attached hydrogen (secondary N) is 1. The summed E-state index contributed by atoms with van der Waals surface area (Å²) in [5.41, 5.74) is 0.618. The molecule has 2 aliphatic rings. The summed E-state index contributed by atoms with van der Waals surface area (Å²) in [6.45, 7) is 2.01. The lowest BCUT2D eigenvalue weighted by molar-refractivity contribution is -0.930. The molecule has 2 atom stereocenters. The summed E-state index contributed by atoms with van der Waals surface area (Å²) in [5.74, 6) is 6.49. The number of aliphatic hydroxyl groups is 1. The molecule has 2 N–H and O–H groups in total. The fourth-order valence-corrected chi connectivity index (χ4v) is 3.86. The van der Waals surface area contributed by atoms with Crippen LogP contribution in [0.3, 0.4) is 0 Å². The predicted molar refractivity (Wildman–Crippen MR) is 87.3 cm³/mol. The minimum Gasteiger partial charge on any atom is -0.378 e. The number of piperidine rings is 1. The highest BCUT2D eigenvalue weighted by Gasteiger charge is 2.28.